The number of hydrogen-bond acceptors (Lipinski definition) is 3. The zero-order chi connectivity index (χ0) is 13.8. The number of piperidine rings is 1. The van der Waals surface area contributed by atoms with Crippen LogP contribution in [-0.2, 0) is 4.74 Å². The molecule has 1 N–H and O–H groups in total. The van der Waals surface area contributed by atoms with E-state index in [0.29, 0.717) is 18.2 Å². The van der Waals surface area contributed by atoms with Gasteiger partial charge in [-0.3, -0.25) is 4.90 Å². The van der Waals surface area contributed by atoms with Gasteiger partial charge >= 0.3 is 0 Å². The van der Waals surface area contributed by atoms with Crippen LogP contribution in [0.4, 0.5) is 0 Å². The Morgan fingerprint density at radius 2 is 1.89 bits per heavy atom. The monoisotopic (exact) mass is 268 g/mol. The lowest BCUT2D eigenvalue weighted by molar-refractivity contribution is -0.0708. The summed E-state index contributed by atoms with van der Waals surface area (Å²) in [5.41, 5.74) is 0. The summed E-state index contributed by atoms with van der Waals surface area (Å²) in [5, 5.41) is 3.60. The third-order valence-electron chi connectivity index (χ3n) is 4.55. The third-order valence-corrected chi connectivity index (χ3v) is 4.55. The molecule has 0 saturated carbocycles. The number of rotatable bonds is 4. The summed E-state index contributed by atoms with van der Waals surface area (Å²) < 4.78 is 5.87. The molecule has 0 aromatic carbocycles. The second-order valence-electron chi connectivity index (χ2n) is 6.95. The van der Waals surface area contributed by atoms with Gasteiger partial charge in [-0.05, 0) is 58.5 Å². The molecule has 0 aromatic rings. The molecule has 0 spiro atoms. The first-order valence-electron chi connectivity index (χ1n) is 8.17. The van der Waals surface area contributed by atoms with Crippen LogP contribution in [0.1, 0.15) is 53.4 Å². The van der Waals surface area contributed by atoms with Crippen molar-refractivity contribution in [3.8, 4) is 0 Å². The Labute approximate surface area is 119 Å². The SMILES string of the molecule is CC(C)NCC1CCCN(C2CC(C)OC(C)C2)C1. The van der Waals surface area contributed by atoms with Gasteiger partial charge in [-0.25, -0.2) is 0 Å². The van der Waals surface area contributed by atoms with Gasteiger partial charge in [0.2, 0.25) is 0 Å². The Balaban J connectivity index is 1.82. The van der Waals surface area contributed by atoms with E-state index in [1.165, 1.54) is 45.3 Å². The Hall–Kier alpha value is -0.120. The molecule has 2 fully saturated rings. The van der Waals surface area contributed by atoms with E-state index in [1.807, 2.05) is 0 Å². The van der Waals surface area contributed by atoms with Gasteiger partial charge in [0.05, 0.1) is 12.2 Å². The van der Waals surface area contributed by atoms with Crippen molar-refractivity contribution >= 4 is 0 Å². The molecule has 0 bridgehead atoms. The Morgan fingerprint density at radius 3 is 2.53 bits per heavy atom. The van der Waals surface area contributed by atoms with Crippen LogP contribution in [0.15, 0.2) is 0 Å². The first-order chi connectivity index (χ1) is 9.04. The molecule has 2 saturated heterocycles. The number of hydrogen-bond donors (Lipinski definition) is 1. The van der Waals surface area contributed by atoms with E-state index < -0.39 is 0 Å². The quantitative estimate of drug-likeness (QED) is 0.848. The molecule has 2 aliphatic rings. The Morgan fingerprint density at radius 1 is 1.21 bits per heavy atom. The maximum atomic E-state index is 5.87. The summed E-state index contributed by atoms with van der Waals surface area (Å²) in [5.74, 6) is 0.838. The molecular formula is C16H32N2O. The highest BCUT2D eigenvalue weighted by molar-refractivity contribution is 4.85. The van der Waals surface area contributed by atoms with Gasteiger partial charge < -0.3 is 10.1 Å². The fourth-order valence-electron chi connectivity index (χ4n) is 3.67. The third kappa shape index (κ3) is 4.73. The minimum Gasteiger partial charge on any atom is -0.375 e. The lowest BCUT2D eigenvalue weighted by Crippen LogP contribution is -2.49. The van der Waals surface area contributed by atoms with Crippen LogP contribution in [0.2, 0.25) is 0 Å². The topological polar surface area (TPSA) is 24.5 Å². The van der Waals surface area contributed by atoms with Crippen molar-refractivity contribution < 1.29 is 4.74 Å². The summed E-state index contributed by atoms with van der Waals surface area (Å²) in [6.07, 6.45) is 6.06. The van der Waals surface area contributed by atoms with Gasteiger partial charge in [0.25, 0.3) is 0 Å². The number of ether oxygens (including phenoxy) is 1. The number of likely N-dealkylation sites (tertiary alicyclic amines) is 1. The average Bonchev–Trinajstić information content (AvgIpc) is 2.35. The van der Waals surface area contributed by atoms with Gasteiger partial charge in [-0.15, -0.1) is 0 Å². The Bertz CT molecular complexity index is 259. The summed E-state index contributed by atoms with van der Waals surface area (Å²) in [6, 6.07) is 1.36. The number of nitrogens with one attached hydrogen (secondary N) is 1. The van der Waals surface area contributed by atoms with E-state index in [0.717, 1.165) is 12.0 Å². The van der Waals surface area contributed by atoms with Crippen LogP contribution in [0.3, 0.4) is 0 Å². The second-order valence-corrected chi connectivity index (χ2v) is 6.95. The highest BCUT2D eigenvalue weighted by Gasteiger charge is 2.31. The molecule has 112 valence electrons. The molecule has 3 heteroatoms. The zero-order valence-corrected chi connectivity index (χ0v) is 13.2. The van der Waals surface area contributed by atoms with E-state index in [4.69, 9.17) is 4.74 Å². The second kappa shape index (κ2) is 7.05. The molecule has 0 aromatic heterocycles. The van der Waals surface area contributed by atoms with Crippen LogP contribution in [0.5, 0.6) is 0 Å². The molecule has 2 aliphatic heterocycles. The first-order valence-corrected chi connectivity index (χ1v) is 8.17. The van der Waals surface area contributed by atoms with Crippen molar-refractivity contribution in [2.75, 3.05) is 19.6 Å². The fourth-order valence-corrected chi connectivity index (χ4v) is 3.67. The molecule has 2 rings (SSSR count). The van der Waals surface area contributed by atoms with Crippen LogP contribution in [0.25, 0.3) is 0 Å². The standard InChI is InChI=1S/C16H32N2O/c1-12(2)17-10-15-6-5-7-18(11-15)16-8-13(3)19-14(4)9-16/h12-17H,5-11H2,1-4H3. The van der Waals surface area contributed by atoms with E-state index in [2.05, 4.69) is 37.9 Å². The van der Waals surface area contributed by atoms with E-state index in [9.17, 15) is 0 Å². The predicted molar refractivity (Wildman–Crippen MR) is 80.5 cm³/mol. The summed E-state index contributed by atoms with van der Waals surface area (Å²) >= 11 is 0. The minimum absolute atomic E-state index is 0.433. The lowest BCUT2D eigenvalue weighted by Gasteiger charge is -2.43. The number of nitrogens with zero attached hydrogens (tertiary/aromatic N) is 1. The van der Waals surface area contributed by atoms with E-state index in [1.54, 1.807) is 0 Å². The van der Waals surface area contributed by atoms with Gasteiger partial charge in [0.15, 0.2) is 0 Å². The first kappa shape index (κ1) is 15.3. The smallest absolute Gasteiger partial charge is 0.0565 e. The van der Waals surface area contributed by atoms with Crippen LogP contribution < -0.4 is 5.32 Å². The highest BCUT2D eigenvalue weighted by Crippen LogP contribution is 2.27. The normalized spacial score (nSPS) is 37.7. The maximum Gasteiger partial charge on any atom is 0.0565 e. The largest absolute Gasteiger partial charge is 0.375 e. The predicted octanol–water partition coefficient (Wildman–Crippen LogP) is 2.65. The van der Waals surface area contributed by atoms with Crippen molar-refractivity contribution in [2.45, 2.75) is 77.7 Å². The van der Waals surface area contributed by atoms with Crippen molar-refractivity contribution in [3.05, 3.63) is 0 Å². The molecule has 2 heterocycles. The average molecular weight is 268 g/mol. The lowest BCUT2D eigenvalue weighted by atomic mass is 9.92. The van der Waals surface area contributed by atoms with Gasteiger partial charge in [0, 0.05) is 18.6 Å². The molecule has 0 amide bonds. The van der Waals surface area contributed by atoms with Crippen molar-refractivity contribution in [1.82, 2.24) is 10.2 Å². The van der Waals surface area contributed by atoms with Crippen LogP contribution >= 0.6 is 0 Å². The maximum absolute atomic E-state index is 5.87. The van der Waals surface area contributed by atoms with E-state index in [-0.39, 0.29) is 0 Å². The van der Waals surface area contributed by atoms with Gasteiger partial charge in [-0.1, -0.05) is 13.8 Å². The summed E-state index contributed by atoms with van der Waals surface area (Å²) in [7, 11) is 0. The molecule has 3 atom stereocenters. The summed E-state index contributed by atoms with van der Waals surface area (Å²) in [4.78, 5) is 2.74. The highest BCUT2D eigenvalue weighted by atomic mass is 16.5. The van der Waals surface area contributed by atoms with E-state index >= 15 is 0 Å². The molecule has 3 nitrogen and oxygen atoms in total. The van der Waals surface area contributed by atoms with Crippen molar-refractivity contribution in [2.24, 2.45) is 5.92 Å². The Kier molecular flexibility index (Phi) is 5.67. The van der Waals surface area contributed by atoms with Gasteiger partial charge in [-0.2, -0.15) is 0 Å². The zero-order valence-electron chi connectivity index (χ0n) is 13.2. The molecule has 19 heavy (non-hydrogen) atoms. The molecule has 0 aliphatic carbocycles. The molecule has 0 radical (unpaired) electrons. The molecule has 3 unspecified atom stereocenters. The molecular weight excluding hydrogens is 236 g/mol. The van der Waals surface area contributed by atoms with Crippen LogP contribution in [-0.4, -0.2) is 48.8 Å². The van der Waals surface area contributed by atoms with Crippen molar-refractivity contribution in [1.29, 1.82) is 0 Å². The van der Waals surface area contributed by atoms with Gasteiger partial charge in [0.1, 0.15) is 0 Å². The fraction of sp³-hybridized carbons (Fsp3) is 1.00. The summed E-state index contributed by atoms with van der Waals surface area (Å²) in [6.45, 7) is 12.7. The van der Waals surface area contributed by atoms with Crippen molar-refractivity contribution in [3.63, 3.8) is 0 Å². The minimum atomic E-state index is 0.433. The van der Waals surface area contributed by atoms with Crippen LogP contribution in [0, 0.1) is 5.92 Å².